The summed E-state index contributed by atoms with van der Waals surface area (Å²) in [5.74, 6) is 0.893. The molecule has 0 spiro atoms. The third-order valence-corrected chi connectivity index (χ3v) is 1.95. The van der Waals surface area contributed by atoms with Crippen molar-refractivity contribution in [2.75, 3.05) is 6.54 Å². The van der Waals surface area contributed by atoms with Crippen molar-refractivity contribution in [3.05, 3.63) is 0 Å². The Balaban J connectivity index is -0.000000209. The van der Waals surface area contributed by atoms with Gasteiger partial charge in [0.2, 0.25) is 6.16 Å². The van der Waals surface area contributed by atoms with Crippen LogP contribution in [0.1, 0.15) is 39.5 Å². The average molecular weight is 299 g/mol. The van der Waals surface area contributed by atoms with Gasteiger partial charge in [-0.25, -0.2) is 0 Å². The van der Waals surface area contributed by atoms with E-state index in [0.717, 1.165) is 12.5 Å². The van der Waals surface area contributed by atoms with Crippen LogP contribution in [0, 0.1) is 5.92 Å². The van der Waals surface area contributed by atoms with Gasteiger partial charge in [-0.05, 0) is 12.8 Å². The molecule has 0 aromatic carbocycles. The number of unbranched alkanes of at least 4 members (excludes halogenated alkanes) is 1. The van der Waals surface area contributed by atoms with Crippen LogP contribution in [0.25, 0.3) is 0 Å². The fourth-order valence-corrected chi connectivity index (χ4v) is 1.05. The van der Waals surface area contributed by atoms with Crippen LogP contribution in [0.5, 0.6) is 0 Å². The Kier molecular flexibility index (Phi) is 21.5. The largest absolute Gasteiger partial charge is 0.565 e. The Labute approximate surface area is 101 Å². The molecule has 4 N–H and O–H groups in total. The van der Waals surface area contributed by atoms with Crippen molar-refractivity contribution in [2.24, 2.45) is 5.92 Å². The van der Waals surface area contributed by atoms with Crippen LogP contribution in [0.2, 0.25) is 0 Å². The van der Waals surface area contributed by atoms with E-state index in [-0.39, 0.29) is 22.4 Å². The summed E-state index contributed by atoms with van der Waals surface area (Å²) in [6.07, 6.45) is 3.32. The molecule has 0 bridgehead atoms. The van der Waals surface area contributed by atoms with Crippen molar-refractivity contribution in [3.8, 4) is 0 Å². The van der Waals surface area contributed by atoms with Crippen LogP contribution in [-0.2, 0) is 22.4 Å². The minimum absolute atomic E-state index is 0. The van der Waals surface area contributed by atoms with E-state index >= 15 is 0 Å². The molecule has 0 aromatic rings. The molecule has 0 aromatic heterocycles. The molecule has 91 valence electrons. The fraction of sp³-hybridized carbons (Fsp3) is 0.889. The van der Waals surface area contributed by atoms with Gasteiger partial charge < -0.3 is 20.7 Å². The Hall–Kier alpha value is -0.0297. The summed E-state index contributed by atoms with van der Waals surface area (Å²) in [6.45, 7) is 5.62. The molecular formula is C9H21AgNO3. The molecule has 0 aliphatic rings. The second-order valence-electron chi connectivity index (χ2n) is 2.97. The van der Waals surface area contributed by atoms with Gasteiger partial charge in [0, 0.05) is 28.3 Å². The molecule has 14 heavy (non-hydrogen) atoms. The summed E-state index contributed by atoms with van der Waals surface area (Å²) in [5.41, 5.74) is 3.91. The summed E-state index contributed by atoms with van der Waals surface area (Å²) in [6, 6.07) is 0. The molecule has 0 aliphatic heterocycles. The van der Waals surface area contributed by atoms with Gasteiger partial charge in [0.25, 0.3) is 0 Å². The molecule has 0 saturated heterocycles. The van der Waals surface area contributed by atoms with Gasteiger partial charge in [0.15, 0.2) is 0 Å². The zero-order valence-corrected chi connectivity index (χ0v) is 10.4. The standard InChI is InChI=1S/C8H19N.CH2O3.Ag/c1-3-5-6-8(4-2)7-9;2-1(3)4;/h8H,3-7,9H2,1-2H3;(H2,2,3,4);. The van der Waals surface area contributed by atoms with E-state index in [2.05, 4.69) is 19.6 Å². The maximum absolute atomic E-state index is 8.44. The molecule has 5 heteroatoms. The molecule has 4 nitrogen and oxygen atoms in total. The van der Waals surface area contributed by atoms with Gasteiger partial charge in [-0.1, -0.05) is 26.7 Å². The number of carboxylic acid groups (broad SMARTS) is 2. The molecule has 0 aliphatic carbocycles. The number of quaternary nitrogens is 1. The Morgan fingerprint density at radius 1 is 1.50 bits per heavy atom. The number of carbonyl (C=O) groups is 1. The molecule has 0 saturated carbocycles. The average Bonchev–Trinajstić information content (AvgIpc) is 2.06. The van der Waals surface area contributed by atoms with Gasteiger partial charge >= 0.3 is 0 Å². The first-order valence-corrected chi connectivity index (χ1v) is 4.77. The second kappa shape index (κ2) is 15.4. The van der Waals surface area contributed by atoms with Gasteiger partial charge in [0.05, 0.1) is 6.54 Å². The Bertz CT molecular complexity index is 115. The number of rotatable bonds is 5. The summed E-state index contributed by atoms with van der Waals surface area (Å²) in [4.78, 5) is 8.44. The van der Waals surface area contributed by atoms with Crippen molar-refractivity contribution in [1.82, 2.24) is 0 Å². The maximum Gasteiger partial charge on any atom is 0.249 e. The van der Waals surface area contributed by atoms with E-state index in [1.807, 2.05) is 0 Å². The zero-order chi connectivity index (χ0) is 10.7. The first-order chi connectivity index (χ1) is 6.08. The molecular weight excluding hydrogens is 278 g/mol. The molecule has 1 unspecified atom stereocenters. The SMILES string of the molecule is CCCCC(CC)C[NH3+].O=C([O-])O.[Ag]. The fourth-order valence-electron chi connectivity index (χ4n) is 1.05. The van der Waals surface area contributed by atoms with Crippen LogP contribution in [0.4, 0.5) is 4.79 Å². The summed E-state index contributed by atoms with van der Waals surface area (Å²) in [5, 5.41) is 15.3. The normalized spacial score (nSPS) is 10.5. The van der Waals surface area contributed by atoms with Gasteiger partial charge in [-0.2, -0.15) is 0 Å². The quantitative estimate of drug-likeness (QED) is 0.717. The van der Waals surface area contributed by atoms with E-state index in [0.29, 0.717) is 0 Å². The minimum Gasteiger partial charge on any atom is -0.565 e. The van der Waals surface area contributed by atoms with Crippen molar-refractivity contribution in [3.63, 3.8) is 0 Å². The molecule has 0 rings (SSSR count). The maximum atomic E-state index is 8.44. The van der Waals surface area contributed by atoms with E-state index < -0.39 is 6.16 Å². The predicted octanol–water partition coefficient (Wildman–Crippen LogP) is 0.330. The first-order valence-electron chi connectivity index (χ1n) is 4.77. The minimum atomic E-state index is -2.08. The summed E-state index contributed by atoms with van der Waals surface area (Å²) >= 11 is 0. The van der Waals surface area contributed by atoms with E-state index in [1.54, 1.807) is 0 Å². The van der Waals surface area contributed by atoms with Crippen LogP contribution in [0.15, 0.2) is 0 Å². The molecule has 0 heterocycles. The summed E-state index contributed by atoms with van der Waals surface area (Å²) in [7, 11) is 0. The molecule has 0 amide bonds. The molecule has 1 atom stereocenters. The monoisotopic (exact) mass is 298 g/mol. The topological polar surface area (TPSA) is 88.0 Å². The van der Waals surface area contributed by atoms with Crippen LogP contribution < -0.4 is 10.8 Å². The van der Waals surface area contributed by atoms with Crippen molar-refractivity contribution >= 4 is 6.16 Å². The third kappa shape index (κ3) is 22.7. The molecule has 1 radical (unpaired) electrons. The Morgan fingerprint density at radius 3 is 2.14 bits per heavy atom. The van der Waals surface area contributed by atoms with Crippen LogP contribution in [-0.4, -0.2) is 17.8 Å². The van der Waals surface area contributed by atoms with E-state index in [9.17, 15) is 0 Å². The van der Waals surface area contributed by atoms with Crippen LogP contribution in [0.3, 0.4) is 0 Å². The molecule has 0 fully saturated rings. The number of hydrogen-bond acceptors (Lipinski definition) is 2. The third-order valence-electron chi connectivity index (χ3n) is 1.95. The zero-order valence-electron chi connectivity index (χ0n) is 8.89. The predicted molar refractivity (Wildman–Crippen MR) is 49.1 cm³/mol. The van der Waals surface area contributed by atoms with Gasteiger partial charge in [-0.15, -0.1) is 0 Å². The van der Waals surface area contributed by atoms with Crippen molar-refractivity contribution in [2.45, 2.75) is 39.5 Å². The number of hydrogen-bond donors (Lipinski definition) is 2. The summed E-state index contributed by atoms with van der Waals surface area (Å²) < 4.78 is 0. The van der Waals surface area contributed by atoms with E-state index in [4.69, 9.17) is 15.0 Å². The van der Waals surface area contributed by atoms with Gasteiger partial charge in [-0.3, -0.25) is 0 Å². The van der Waals surface area contributed by atoms with Crippen molar-refractivity contribution in [1.29, 1.82) is 0 Å². The van der Waals surface area contributed by atoms with Crippen molar-refractivity contribution < 1.29 is 43.1 Å². The Morgan fingerprint density at radius 2 is 1.93 bits per heavy atom. The first kappa shape index (κ1) is 19.5. The second-order valence-corrected chi connectivity index (χ2v) is 2.97. The smallest absolute Gasteiger partial charge is 0.249 e. The van der Waals surface area contributed by atoms with E-state index in [1.165, 1.54) is 25.7 Å². The van der Waals surface area contributed by atoms with Gasteiger partial charge in [0.1, 0.15) is 0 Å². The van der Waals surface area contributed by atoms with Crippen LogP contribution >= 0.6 is 0 Å².